The molecule has 2 aromatic rings. The van der Waals surface area contributed by atoms with Gasteiger partial charge in [0.2, 0.25) is 0 Å². The van der Waals surface area contributed by atoms with Gasteiger partial charge in [0.25, 0.3) is 0 Å². The van der Waals surface area contributed by atoms with Gasteiger partial charge in [-0.25, -0.2) is 0 Å². The highest BCUT2D eigenvalue weighted by Crippen LogP contribution is 2.28. The Hall–Kier alpha value is -1.52. The van der Waals surface area contributed by atoms with Crippen molar-refractivity contribution < 1.29 is 9.29 Å². The van der Waals surface area contributed by atoms with Crippen LogP contribution in [-0.4, -0.2) is 16.6 Å². The van der Waals surface area contributed by atoms with Crippen LogP contribution in [0.2, 0.25) is 0 Å². The highest BCUT2D eigenvalue weighted by Gasteiger charge is 2.19. The fourth-order valence-corrected chi connectivity index (χ4v) is 2.50. The summed E-state index contributed by atoms with van der Waals surface area (Å²) in [6.45, 7) is 0. The Balaban J connectivity index is 2.37. The van der Waals surface area contributed by atoms with Crippen molar-refractivity contribution in [3.8, 4) is 5.75 Å². The lowest BCUT2D eigenvalue weighted by molar-refractivity contribution is 0.402. The minimum absolute atomic E-state index is 0.629. The Kier molecular flexibility index (Phi) is 3.44. The average Bonchev–Trinajstić information content (AvgIpc) is 2.39. The summed E-state index contributed by atoms with van der Waals surface area (Å²) in [5, 5.41) is 0. The molecule has 1 aromatic heterocycles. The lowest BCUT2D eigenvalue weighted by atomic mass is 10.3. The van der Waals surface area contributed by atoms with Crippen LogP contribution in [0.5, 0.6) is 5.75 Å². The molecule has 0 aliphatic rings. The number of hydrogen-bond donors (Lipinski definition) is 0. The van der Waals surface area contributed by atoms with E-state index >= 15 is 0 Å². The molecule has 1 heterocycles. The number of rotatable bonds is 3. The fourth-order valence-electron chi connectivity index (χ4n) is 1.36. The van der Waals surface area contributed by atoms with Gasteiger partial charge in [-0.1, -0.05) is 12.1 Å². The van der Waals surface area contributed by atoms with Crippen molar-refractivity contribution in [1.82, 2.24) is 4.98 Å². The molecule has 0 aliphatic carbocycles. The zero-order valence-corrected chi connectivity index (χ0v) is 9.61. The Bertz CT molecular complexity index is 462. The third-order valence-corrected chi connectivity index (χ3v) is 3.52. The molecule has 1 unspecified atom stereocenters. The molecule has 0 radical (unpaired) electrons. The smallest absolute Gasteiger partial charge is 0.200 e. The van der Waals surface area contributed by atoms with Crippen LogP contribution in [0.25, 0.3) is 0 Å². The summed E-state index contributed by atoms with van der Waals surface area (Å²) in [6.07, 6.45) is 3.26. The van der Waals surface area contributed by atoms with Crippen molar-refractivity contribution in [3.63, 3.8) is 0 Å². The molecule has 0 bridgehead atoms. The number of nitrogens with zero attached hydrogens (tertiary/aromatic N) is 1. The van der Waals surface area contributed by atoms with Crippen molar-refractivity contribution in [3.05, 3.63) is 48.8 Å². The first-order chi connectivity index (χ1) is 7.83. The van der Waals surface area contributed by atoms with Crippen molar-refractivity contribution in [2.24, 2.45) is 0 Å². The number of hydrogen-bond acceptors (Lipinski definition) is 3. The largest absolute Gasteiger partial charge is 0.606 e. The molecule has 0 amide bonds. The van der Waals surface area contributed by atoms with Gasteiger partial charge >= 0.3 is 0 Å². The minimum Gasteiger partial charge on any atom is -0.606 e. The molecule has 1 atom stereocenters. The second kappa shape index (κ2) is 5.01. The van der Waals surface area contributed by atoms with Gasteiger partial charge in [0.1, 0.15) is 0 Å². The van der Waals surface area contributed by atoms with E-state index in [0.717, 1.165) is 0 Å². The van der Waals surface area contributed by atoms with E-state index < -0.39 is 11.2 Å². The summed E-state index contributed by atoms with van der Waals surface area (Å²) in [6, 6.07) is 10.8. The third kappa shape index (κ3) is 2.18. The molecule has 16 heavy (non-hydrogen) atoms. The lowest BCUT2D eigenvalue weighted by Gasteiger charge is -2.11. The van der Waals surface area contributed by atoms with Crippen LogP contribution in [0, 0.1) is 0 Å². The zero-order chi connectivity index (χ0) is 11.4. The Labute approximate surface area is 97.3 Å². The molecule has 0 N–H and O–H groups in total. The molecular weight excluding hydrogens is 222 g/mol. The highest BCUT2D eigenvalue weighted by molar-refractivity contribution is 7.91. The van der Waals surface area contributed by atoms with Gasteiger partial charge in [-0.05, 0) is 24.3 Å². The highest BCUT2D eigenvalue weighted by atomic mass is 32.2. The first-order valence-corrected chi connectivity index (χ1v) is 5.92. The zero-order valence-electron chi connectivity index (χ0n) is 8.79. The molecule has 0 fully saturated rings. The SMILES string of the molecule is COc1ccccc1[S+]([O-])c1cccnc1. The van der Waals surface area contributed by atoms with E-state index in [2.05, 4.69) is 4.98 Å². The number of pyridine rings is 1. The average molecular weight is 233 g/mol. The van der Waals surface area contributed by atoms with Crippen molar-refractivity contribution in [1.29, 1.82) is 0 Å². The topological polar surface area (TPSA) is 45.2 Å². The summed E-state index contributed by atoms with van der Waals surface area (Å²) in [5.74, 6) is 0.629. The Morgan fingerprint density at radius 2 is 2.00 bits per heavy atom. The standard InChI is InChI=1S/C12H11NO2S/c1-15-11-6-2-3-7-12(11)16(14)10-5-4-8-13-9-10/h2-9H,1H3. The van der Waals surface area contributed by atoms with E-state index in [-0.39, 0.29) is 0 Å². The van der Waals surface area contributed by atoms with E-state index in [9.17, 15) is 4.55 Å². The molecule has 1 aromatic carbocycles. The monoisotopic (exact) mass is 233 g/mol. The summed E-state index contributed by atoms with van der Waals surface area (Å²) >= 11 is -1.25. The minimum atomic E-state index is -1.25. The molecular formula is C12H11NO2S. The predicted octanol–water partition coefficient (Wildman–Crippen LogP) is 2.26. The van der Waals surface area contributed by atoms with Crippen LogP contribution in [0.4, 0.5) is 0 Å². The van der Waals surface area contributed by atoms with Crippen LogP contribution in [0.3, 0.4) is 0 Å². The molecule has 0 saturated carbocycles. The number of aromatic nitrogens is 1. The molecule has 4 heteroatoms. The molecule has 0 saturated heterocycles. The van der Waals surface area contributed by atoms with Gasteiger partial charge in [-0.2, -0.15) is 0 Å². The van der Waals surface area contributed by atoms with E-state index in [1.165, 1.54) is 0 Å². The summed E-state index contributed by atoms with van der Waals surface area (Å²) in [7, 11) is 1.57. The second-order valence-electron chi connectivity index (χ2n) is 3.11. The maximum Gasteiger partial charge on any atom is 0.200 e. The molecule has 0 spiro atoms. The Morgan fingerprint density at radius 3 is 2.69 bits per heavy atom. The quantitative estimate of drug-likeness (QED) is 0.764. The maximum absolute atomic E-state index is 12.2. The normalized spacial score (nSPS) is 12.1. The number of ether oxygens (including phenoxy) is 1. The summed E-state index contributed by atoms with van der Waals surface area (Å²) < 4.78 is 17.4. The van der Waals surface area contributed by atoms with Gasteiger partial charge in [-0.15, -0.1) is 0 Å². The summed E-state index contributed by atoms with van der Waals surface area (Å²) in [5.41, 5.74) is 0. The van der Waals surface area contributed by atoms with Gasteiger partial charge in [-0.3, -0.25) is 4.98 Å². The van der Waals surface area contributed by atoms with Crippen LogP contribution in [0.1, 0.15) is 0 Å². The lowest BCUT2D eigenvalue weighted by Crippen LogP contribution is -2.04. The van der Waals surface area contributed by atoms with Gasteiger partial charge in [0.15, 0.2) is 15.5 Å². The van der Waals surface area contributed by atoms with Gasteiger partial charge in [0.05, 0.1) is 13.3 Å². The fraction of sp³-hybridized carbons (Fsp3) is 0.0833. The first-order valence-electron chi connectivity index (χ1n) is 4.78. The number of methoxy groups -OCH3 is 1. The second-order valence-corrected chi connectivity index (χ2v) is 4.56. The van der Waals surface area contributed by atoms with Crippen molar-refractivity contribution in [2.45, 2.75) is 9.79 Å². The van der Waals surface area contributed by atoms with Gasteiger partial charge in [0, 0.05) is 17.4 Å². The first kappa shape index (κ1) is 11.0. The van der Waals surface area contributed by atoms with Crippen molar-refractivity contribution in [2.75, 3.05) is 7.11 Å². The van der Waals surface area contributed by atoms with Crippen molar-refractivity contribution >= 4 is 11.2 Å². The molecule has 2 rings (SSSR count). The molecule has 82 valence electrons. The van der Waals surface area contributed by atoms with Crippen LogP contribution in [0.15, 0.2) is 58.6 Å². The van der Waals surface area contributed by atoms with Crippen LogP contribution < -0.4 is 4.74 Å². The van der Waals surface area contributed by atoms with Gasteiger partial charge < -0.3 is 9.29 Å². The van der Waals surface area contributed by atoms with E-state index in [4.69, 9.17) is 4.74 Å². The number of para-hydroxylation sites is 1. The predicted molar refractivity (Wildman–Crippen MR) is 61.9 cm³/mol. The van der Waals surface area contributed by atoms with Crippen LogP contribution in [-0.2, 0) is 11.2 Å². The number of benzene rings is 1. The maximum atomic E-state index is 12.2. The Morgan fingerprint density at radius 1 is 1.19 bits per heavy atom. The van der Waals surface area contributed by atoms with Crippen LogP contribution >= 0.6 is 0 Å². The molecule has 0 aliphatic heterocycles. The van der Waals surface area contributed by atoms with E-state index in [0.29, 0.717) is 15.5 Å². The third-order valence-electron chi connectivity index (χ3n) is 2.12. The summed E-state index contributed by atoms with van der Waals surface area (Å²) in [4.78, 5) is 5.29. The van der Waals surface area contributed by atoms with E-state index in [1.54, 1.807) is 43.8 Å². The van der Waals surface area contributed by atoms with E-state index in [1.807, 2.05) is 12.1 Å². The molecule has 3 nitrogen and oxygen atoms in total.